The topological polar surface area (TPSA) is 147 Å². The van der Waals surface area contributed by atoms with Gasteiger partial charge in [0.25, 0.3) is 0 Å². The van der Waals surface area contributed by atoms with Gasteiger partial charge in [0.1, 0.15) is 5.75 Å². The highest BCUT2D eigenvalue weighted by Crippen LogP contribution is 2.31. The lowest BCUT2D eigenvalue weighted by atomic mass is 10.0. The van der Waals surface area contributed by atoms with E-state index in [4.69, 9.17) is 14.9 Å². The second-order valence-corrected chi connectivity index (χ2v) is 11.8. The summed E-state index contributed by atoms with van der Waals surface area (Å²) in [5.41, 5.74) is 4.86. The van der Waals surface area contributed by atoms with Crippen molar-refractivity contribution in [3.05, 3.63) is 89.2 Å². The maximum absolute atomic E-state index is 11.5. The molecule has 5 rings (SSSR count). The van der Waals surface area contributed by atoms with Gasteiger partial charge in [-0.1, -0.05) is 12.1 Å². The molecule has 41 heavy (non-hydrogen) atoms. The lowest BCUT2D eigenvalue weighted by molar-refractivity contribution is 0.211. The number of pyridine rings is 1. The van der Waals surface area contributed by atoms with Crippen LogP contribution in [0.15, 0.2) is 71.9 Å². The molecule has 0 aliphatic carbocycles. The first-order valence-electron chi connectivity index (χ1n) is 13.3. The van der Waals surface area contributed by atoms with E-state index in [1.54, 1.807) is 54.9 Å². The molecule has 0 unspecified atom stereocenters. The van der Waals surface area contributed by atoms with Crippen LogP contribution in [-0.2, 0) is 16.6 Å². The van der Waals surface area contributed by atoms with E-state index in [1.807, 2.05) is 26.0 Å². The molecule has 2 aromatic heterocycles. The number of rotatable bonds is 8. The summed E-state index contributed by atoms with van der Waals surface area (Å²) in [6.45, 7) is 6.28. The van der Waals surface area contributed by atoms with Crippen LogP contribution in [0.25, 0.3) is 11.3 Å². The number of nitrogens with zero attached hydrogens (tertiary/aromatic N) is 5. The summed E-state index contributed by atoms with van der Waals surface area (Å²) in [6.07, 6.45) is 5.24. The van der Waals surface area contributed by atoms with Gasteiger partial charge in [0.2, 0.25) is 21.9 Å². The average Bonchev–Trinajstić information content (AvgIpc) is 2.96. The maximum Gasteiger partial charge on any atom is 0.238 e. The molecule has 2 aromatic carbocycles. The number of primary sulfonamides is 1. The van der Waals surface area contributed by atoms with E-state index in [2.05, 4.69) is 26.3 Å². The van der Waals surface area contributed by atoms with E-state index in [9.17, 15) is 13.7 Å². The van der Waals surface area contributed by atoms with Crippen molar-refractivity contribution in [2.45, 2.75) is 44.2 Å². The second kappa shape index (κ2) is 12.0. The quantitative estimate of drug-likeness (QED) is 0.312. The van der Waals surface area contributed by atoms with Crippen LogP contribution in [0.3, 0.4) is 0 Å². The van der Waals surface area contributed by atoms with Gasteiger partial charge in [-0.3, -0.25) is 9.88 Å². The third kappa shape index (κ3) is 7.05. The normalized spacial score (nSPS) is 14.4. The van der Waals surface area contributed by atoms with Gasteiger partial charge in [-0.2, -0.15) is 10.2 Å². The Balaban J connectivity index is 1.30. The Labute approximate surface area is 239 Å². The van der Waals surface area contributed by atoms with Crippen molar-refractivity contribution >= 4 is 16.0 Å². The predicted molar refractivity (Wildman–Crippen MR) is 156 cm³/mol. The van der Waals surface area contributed by atoms with Crippen molar-refractivity contribution in [2.24, 2.45) is 5.14 Å². The number of anilines is 1. The van der Waals surface area contributed by atoms with E-state index >= 15 is 0 Å². The third-order valence-corrected chi connectivity index (χ3v) is 7.96. The standard InChI is InChI=1S/C30H31N7O3S/c1-20-14-23(17-31)15-21(2)29(20)40-28-16-27(24-4-3-11-33-18-24)35-30(36-28)34-25-9-12-37(13-10-25)19-22-5-7-26(8-6-22)41(32,38)39/h3-8,11,14-16,18,25H,9-10,12-13,19H2,1-2H3,(H2,32,38,39)(H,34,35,36). The Morgan fingerprint density at radius 1 is 1.07 bits per heavy atom. The van der Waals surface area contributed by atoms with E-state index in [1.165, 1.54) is 0 Å². The van der Waals surface area contributed by atoms with Gasteiger partial charge in [-0.25, -0.2) is 18.5 Å². The Kier molecular flexibility index (Phi) is 8.26. The van der Waals surface area contributed by atoms with Gasteiger partial charge >= 0.3 is 0 Å². The van der Waals surface area contributed by atoms with Crippen LogP contribution in [0.5, 0.6) is 11.6 Å². The van der Waals surface area contributed by atoms with Gasteiger partial charge in [-0.15, -0.1) is 0 Å². The highest BCUT2D eigenvalue weighted by Gasteiger charge is 2.21. The highest BCUT2D eigenvalue weighted by molar-refractivity contribution is 7.89. The predicted octanol–water partition coefficient (Wildman–Crippen LogP) is 4.54. The molecule has 1 aliphatic heterocycles. The van der Waals surface area contributed by atoms with Crippen molar-refractivity contribution in [1.82, 2.24) is 19.9 Å². The maximum atomic E-state index is 11.5. The third-order valence-electron chi connectivity index (χ3n) is 7.03. The minimum atomic E-state index is -3.70. The van der Waals surface area contributed by atoms with Crippen molar-refractivity contribution in [1.29, 1.82) is 5.26 Å². The van der Waals surface area contributed by atoms with Crippen LogP contribution < -0.4 is 15.2 Å². The van der Waals surface area contributed by atoms with E-state index in [0.717, 1.165) is 54.7 Å². The fourth-order valence-electron chi connectivity index (χ4n) is 4.95. The summed E-state index contributed by atoms with van der Waals surface area (Å²) in [5.74, 6) is 1.54. The van der Waals surface area contributed by atoms with Gasteiger partial charge in [-0.05, 0) is 79.8 Å². The molecule has 0 atom stereocenters. The molecule has 0 amide bonds. The number of hydrogen-bond acceptors (Lipinski definition) is 9. The molecule has 3 N–H and O–H groups in total. The smallest absolute Gasteiger partial charge is 0.238 e. The van der Waals surface area contributed by atoms with Gasteiger partial charge < -0.3 is 10.1 Å². The number of nitrogens with two attached hydrogens (primary N) is 1. The molecular formula is C30H31N7O3S. The van der Waals surface area contributed by atoms with Crippen molar-refractivity contribution in [3.8, 4) is 29.0 Å². The van der Waals surface area contributed by atoms with Crippen LogP contribution in [0.2, 0.25) is 0 Å². The molecule has 210 valence electrons. The number of aryl methyl sites for hydroxylation is 2. The first-order chi connectivity index (χ1) is 19.7. The second-order valence-electron chi connectivity index (χ2n) is 10.2. The number of hydrogen-bond donors (Lipinski definition) is 2. The highest BCUT2D eigenvalue weighted by atomic mass is 32.2. The molecule has 0 saturated carbocycles. The number of benzene rings is 2. The molecule has 0 bridgehead atoms. The average molecular weight is 570 g/mol. The molecule has 0 spiro atoms. The first kappa shape index (κ1) is 28.2. The number of nitriles is 1. The summed E-state index contributed by atoms with van der Waals surface area (Å²) in [6, 6.07) is 18.3. The fraction of sp³-hybridized carbons (Fsp3) is 0.267. The number of piperidine rings is 1. The summed E-state index contributed by atoms with van der Waals surface area (Å²) in [4.78, 5) is 16.1. The van der Waals surface area contributed by atoms with Crippen molar-refractivity contribution in [2.75, 3.05) is 18.4 Å². The molecule has 10 nitrogen and oxygen atoms in total. The molecule has 3 heterocycles. The van der Waals surface area contributed by atoms with Crippen LogP contribution in [-0.4, -0.2) is 47.4 Å². The van der Waals surface area contributed by atoms with Crippen LogP contribution in [0.4, 0.5) is 5.95 Å². The zero-order valence-corrected chi connectivity index (χ0v) is 23.7. The molecule has 0 radical (unpaired) electrons. The van der Waals surface area contributed by atoms with Crippen LogP contribution >= 0.6 is 0 Å². The number of sulfonamides is 1. The number of aromatic nitrogens is 3. The number of ether oxygens (including phenoxy) is 1. The van der Waals surface area contributed by atoms with Gasteiger partial charge in [0.05, 0.1) is 22.2 Å². The van der Waals surface area contributed by atoms with Crippen molar-refractivity contribution in [3.63, 3.8) is 0 Å². The number of likely N-dealkylation sites (tertiary alicyclic amines) is 1. The number of nitrogens with one attached hydrogen (secondary N) is 1. The van der Waals surface area contributed by atoms with E-state index in [0.29, 0.717) is 28.8 Å². The molecule has 1 aliphatic rings. The van der Waals surface area contributed by atoms with Gasteiger partial charge in [0, 0.05) is 49.7 Å². The van der Waals surface area contributed by atoms with Gasteiger partial charge in [0.15, 0.2) is 0 Å². The minimum absolute atomic E-state index is 0.116. The monoisotopic (exact) mass is 569 g/mol. The Morgan fingerprint density at radius 3 is 2.39 bits per heavy atom. The first-order valence-corrected chi connectivity index (χ1v) is 14.8. The molecule has 11 heteroatoms. The Morgan fingerprint density at radius 2 is 1.78 bits per heavy atom. The largest absolute Gasteiger partial charge is 0.438 e. The zero-order valence-electron chi connectivity index (χ0n) is 22.9. The summed E-state index contributed by atoms with van der Waals surface area (Å²) < 4.78 is 29.3. The SMILES string of the molecule is Cc1cc(C#N)cc(C)c1Oc1cc(-c2cccnc2)nc(NC2CCN(Cc3ccc(S(N)(=O)=O)cc3)CC2)n1. The zero-order chi connectivity index (χ0) is 29.0. The van der Waals surface area contributed by atoms with Crippen LogP contribution in [0.1, 0.15) is 35.1 Å². The molecule has 1 saturated heterocycles. The fourth-order valence-corrected chi connectivity index (χ4v) is 5.46. The molecular weight excluding hydrogens is 538 g/mol. The van der Waals surface area contributed by atoms with E-state index in [-0.39, 0.29) is 10.9 Å². The summed E-state index contributed by atoms with van der Waals surface area (Å²) in [5, 5.41) is 18.0. The van der Waals surface area contributed by atoms with Crippen LogP contribution in [0, 0.1) is 25.2 Å². The summed E-state index contributed by atoms with van der Waals surface area (Å²) >= 11 is 0. The van der Waals surface area contributed by atoms with E-state index < -0.39 is 10.0 Å². The lowest BCUT2D eigenvalue weighted by Gasteiger charge is -2.32. The Hall–Kier alpha value is -4.37. The summed E-state index contributed by atoms with van der Waals surface area (Å²) in [7, 11) is -3.70. The van der Waals surface area contributed by atoms with Crippen molar-refractivity contribution < 1.29 is 13.2 Å². The molecule has 1 fully saturated rings. The lowest BCUT2D eigenvalue weighted by Crippen LogP contribution is -2.39. The molecule has 4 aromatic rings. The Bertz CT molecular complexity index is 1660. The minimum Gasteiger partial charge on any atom is -0.438 e.